The molecule has 0 bridgehead atoms. The van der Waals surface area contributed by atoms with E-state index in [9.17, 15) is 0 Å². The summed E-state index contributed by atoms with van der Waals surface area (Å²) in [6.07, 6.45) is 14.3. The van der Waals surface area contributed by atoms with Crippen LogP contribution in [-0.4, -0.2) is 61.0 Å². The molecule has 0 saturated carbocycles. The molecule has 18 nitrogen and oxygen atoms in total. The summed E-state index contributed by atoms with van der Waals surface area (Å²) in [5, 5.41) is 29.5. The van der Waals surface area contributed by atoms with E-state index >= 15 is 0 Å². The fraction of sp³-hybridized carbons (Fsp3) is 0. The third kappa shape index (κ3) is 15.0. The Bertz CT molecular complexity index is 1990. The Morgan fingerprint density at radius 3 is 0.780 bits per heavy atom. The molecule has 0 unspecified atom stereocenters. The second-order valence-corrected chi connectivity index (χ2v) is 11.0. The molecule has 0 aliphatic carbocycles. The van der Waals surface area contributed by atoms with Gasteiger partial charge in [-0.2, -0.15) is 0 Å². The van der Waals surface area contributed by atoms with Crippen molar-refractivity contribution in [2.24, 2.45) is 0 Å². The van der Waals surface area contributed by atoms with Crippen molar-refractivity contribution in [2.45, 2.75) is 0 Å². The van der Waals surface area contributed by atoms with E-state index in [1.807, 2.05) is 121 Å². The number of aromatic nitrogens is 8. The van der Waals surface area contributed by atoms with Crippen LogP contribution in [0.2, 0.25) is 0 Å². The number of rotatable bonds is 6. The Balaban J connectivity index is 0.000000330. The first kappa shape index (κ1) is 47.3. The van der Waals surface area contributed by atoms with Gasteiger partial charge in [-0.15, -0.1) is 0 Å². The molecule has 8 heterocycles. The minimum absolute atomic E-state index is 0. The Labute approximate surface area is 348 Å². The van der Waals surface area contributed by atoms with Gasteiger partial charge in [0.1, 0.15) is 0 Å². The Hall–Kier alpha value is -7.86. The molecule has 59 heavy (non-hydrogen) atoms. The Morgan fingerprint density at radius 2 is 0.576 bits per heavy atom. The zero-order valence-electron chi connectivity index (χ0n) is 30.8. The molecule has 19 heteroatoms. The van der Waals surface area contributed by atoms with Crippen LogP contribution >= 0.6 is 0 Å². The monoisotopic (exact) mass is 844 g/mol. The van der Waals surface area contributed by atoms with E-state index < -0.39 is 10.2 Å². The molecule has 0 spiro atoms. The van der Waals surface area contributed by atoms with E-state index in [1.165, 1.54) is 0 Å². The average molecular weight is 846 g/mol. The van der Waals surface area contributed by atoms with Crippen molar-refractivity contribution in [2.75, 3.05) is 0 Å². The van der Waals surface area contributed by atoms with Crippen molar-refractivity contribution < 1.29 is 40.6 Å². The molecule has 0 aliphatic heterocycles. The third-order valence-corrected chi connectivity index (χ3v) is 7.39. The molecule has 8 aromatic rings. The molecular weight excluding hydrogens is 814 g/mol. The molecule has 0 aromatic carbocycles. The maximum absolute atomic E-state index is 8.25. The summed E-state index contributed by atoms with van der Waals surface area (Å²) in [6.45, 7) is 0. The molecule has 8 aromatic heterocycles. The molecule has 0 radical (unpaired) electrons. The molecule has 4 N–H and O–H groups in total. The Kier molecular flexibility index (Phi) is 19.7. The molecule has 0 amide bonds. The molecule has 292 valence electrons. The van der Waals surface area contributed by atoms with E-state index in [4.69, 9.17) is 40.6 Å². The van der Waals surface area contributed by atoms with Crippen molar-refractivity contribution in [3.63, 3.8) is 0 Å². The van der Waals surface area contributed by atoms with Crippen molar-refractivity contribution in [3.05, 3.63) is 202 Å². The van der Waals surface area contributed by atoms with Crippen LogP contribution < -0.4 is 0 Å². The minimum Gasteiger partial charge on any atom is -0.412 e. The van der Waals surface area contributed by atoms with Crippen molar-refractivity contribution in [1.82, 2.24) is 39.9 Å². The van der Waals surface area contributed by atoms with Crippen LogP contribution in [-0.2, 0) is 19.5 Å². The number of pyridine rings is 8. The topological polar surface area (TPSA) is 299 Å². The summed E-state index contributed by atoms with van der Waals surface area (Å²) in [5.74, 6) is 0. The van der Waals surface area contributed by atoms with Crippen LogP contribution in [0.3, 0.4) is 0 Å². The summed E-state index contributed by atoms with van der Waals surface area (Å²) in [5.41, 5.74) is 10.9. The van der Waals surface area contributed by atoms with Crippen LogP contribution in [0, 0.1) is 30.6 Å². The predicted molar refractivity (Wildman–Crippen MR) is 216 cm³/mol. The van der Waals surface area contributed by atoms with E-state index in [1.54, 1.807) is 49.6 Å². The third-order valence-electron chi connectivity index (χ3n) is 7.39. The van der Waals surface area contributed by atoms with Gasteiger partial charge >= 0.3 is 19.5 Å². The number of hydrogen-bond donors (Lipinski definition) is 0. The molecule has 0 atom stereocenters. The summed E-state index contributed by atoms with van der Waals surface area (Å²) in [6, 6.07) is 39.4. The van der Waals surface area contributed by atoms with Gasteiger partial charge in [0.15, 0.2) is 0 Å². The van der Waals surface area contributed by atoms with Gasteiger partial charge in [0, 0.05) is 49.6 Å². The quantitative estimate of drug-likeness (QED) is 0.0993. The zero-order valence-corrected chi connectivity index (χ0v) is 33.8. The fourth-order valence-electron chi connectivity index (χ4n) is 5.07. The van der Waals surface area contributed by atoms with Crippen LogP contribution in [0.1, 0.15) is 0 Å². The minimum atomic E-state index is -1.75. The van der Waals surface area contributed by atoms with Crippen LogP contribution in [0.15, 0.2) is 171 Å². The summed E-state index contributed by atoms with van der Waals surface area (Å²) in [7, 11) is 0. The van der Waals surface area contributed by atoms with Crippen molar-refractivity contribution >= 4 is 0 Å². The number of hydrogen-bond acceptors (Lipinski definition) is 14. The molecule has 0 aliphatic rings. The maximum atomic E-state index is 8.25. The second kappa shape index (κ2) is 24.6. The normalized spacial score (nSPS) is 9.36. The predicted octanol–water partition coefficient (Wildman–Crippen LogP) is 6.41. The van der Waals surface area contributed by atoms with E-state index in [0.717, 1.165) is 67.8 Å². The molecule has 8 rings (SSSR count). The van der Waals surface area contributed by atoms with Crippen LogP contribution in [0.5, 0.6) is 0 Å². The van der Waals surface area contributed by atoms with Gasteiger partial charge in [0.25, 0.3) is 0 Å². The van der Waals surface area contributed by atoms with Gasteiger partial charge in [-0.05, 0) is 119 Å². The fourth-order valence-corrected chi connectivity index (χ4v) is 5.07. The van der Waals surface area contributed by atoms with Crippen molar-refractivity contribution in [1.29, 1.82) is 0 Å². The maximum Gasteiger partial charge on any atom is 2.00 e. The standard InChI is InChI=1S/2C20H14N4.2NO3.2H2O.Zn/c2*1-3-9-22-17(5-1)19-13-16(15-7-11-21-12-8-15)14-20(24-19)18-6-2-4-10-23-18;2*2-1(3)4;;;/h2*1-14H;;;2*1H2;/q;;2*-1;;;+2. The SMILES string of the molecule is O.O.O=[N+]([O-])[O-].O=[N+]([O-])[O-].[Zn+2].c1ccc(-c2cc(-c3ccncc3)cc(-c3ccccn3)n2)nc1.c1ccc(-c2cc(-c3ccncc3)cc(-c3ccccn3)n2)nc1. The molecule has 0 fully saturated rings. The summed E-state index contributed by atoms with van der Waals surface area (Å²) >= 11 is 0. The van der Waals surface area contributed by atoms with Gasteiger partial charge < -0.3 is 41.6 Å². The molecule has 0 saturated heterocycles. The van der Waals surface area contributed by atoms with Gasteiger partial charge in [-0.25, -0.2) is 9.97 Å². The smallest absolute Gasteiger partial charge is 0.412 e. The second-order valence-electron chi connectivity index (χ2n) is 11.0. The molecular formula is C40H32N10O8Zn. The van der Waals surface area contributed by atoms with E-state index in [0.29, 0.717) is 0 Å². The Morgan fingerprint density at radius 1 is 0.339 bits per heavy atom. The average Bonchev–Trinajstić information content (AvgIpc) is 3.25. The number of nitrogens with zero attached hydrogens (tertiary/aromatic N) is 10. The summed E-state index contributed by atoms with van der Waals surface area (Å²) in [4.78, 5) is 51.9. The zero-order chi connectivity index (χ0) is 39.5. The van der Waals surface area contributed by atoms with Crippen molar-refractivity contribution in [3.8, 4) is 67.8 Å². The van der Waals surface area contributed by atoms with Crippen LogP contribution in [0.4, 0.5) is 0 Å². The largest absolute Gasteiger partial charge is 2.00 e. The van der Waals surface area contributed by atoms with Gasteiger partial charge in [0.05, 0.1) is 55.7 Å². The first-order chi connectivity index (χ1) is 27.3. The first-order valence-electron chi connectivity index (χ1n) is 16.4. The summed E-state index contributed by atoms with van der Waals surface area (Å²) < 4.78 is 0. The van der Waals surface area contributed by atoms with Gasteiger partial charge in [-0.3, -0.25) is 29.9 Å². The van der Waals surface area contributed by atoms with E-state index in [2.05, 4.69) is 29.9 Å². The first-order valence-corrected chi connectivity index (χ1v) is 16.4. The van der Waals surface area contributed by atoms with E-state index in [-0.39, 0.29) is 30.4 Å². The van der Waals surface area contributed by atoms with Gasteiger partial charge in [-0.1, -0.05) is 24.3 Å². The van der Waals surface area contributed by atoms with Gasteiger partial charge in [0.2, 0.25) is 0 Å². The van der Waals surface area contributed by atoms with Crippen LogP contribution in [0.25, 0.3) is 67.8 Å².